The van der Waals surface area contributed by atoms with Crippen LogP contribution in [0, 0.1) is 13.8 Å². The summed E-state index contributed by atoms with van der Waals surface area (Å²) in [6.45, 7) is 9.73. The van der Waals surface area contributed by atoms with E-state index in [2.05, 4.69) is 17.2 Å². The zero-order valence-corrected chi connectivity index (χ0v) is 18.0. The third-order valence-electron chi connectivity index (χ3n) is 4.73. The van der Waals surface area contributed by atoms with E-state index in [0.29, 0.717) is 17.1 Å². The topological polar surface area (TPSA) is 84.2 Å². The quantitative estimate of drug-likeness (QED) is 0.509. The van der Waals surface area contributed by atoms with Crippen molar-refractivity contribution >= 4 is 23.4 Å². The molecule has 0 spiro atoms. The largest absolute Gasteiger partial charge is 0.493 e. The van der Waals surface area contributed by atoms with Gasteiger partial charge in [0.2, 0.25) is 11.8 Å². The van der Waals surface area contributed by atoms with Crippen LogP contribution in [0.2, 0.25) is 0 Å². The molecule has 0 radical (unpaired) electrons. The van der Waals surface area contributed by atoms with Gasteiger partial charge in [0.05, 0.1) is 11.3 Å². The summed E-state index contributed by atoms with van der Waals surface area (Å²) in [6, 6.07) is 5.79. The number of hydrogen-bond donors (Lipinski definition) is 2. The van der Waals surface area contributed by atoms with E-state index < -0.39 is 0 Å². The number of aryl methyl sites for hydroxylation is 2. The summed E-state index contributed by atoms with van der Waals surface area (Å²) in [5, 5.41) is 13.5. The Labute approximate surface area is 170 Å². The summed E-state index contributed by atoms with van der Waals surface area (Å²) in [4.78, 5) is 29.5. The molecule has 0 saturated carbocycles. The van der Waals surface area contributed by atoms with Gasteiger partial charge in [-0.15, -0.1) is 0 Å². The first-order chi connectivity index (χ1) is 13.3. The summed E-state index contributed by atoms with van der Waals surface area (Å²) >= 11 is 1.17. The SMILES string of the molecule is CCC[C@H](C)n1c(SCC(=O)Nc2c(C)cccc2C)nc(O)c(CC)c1=O. The Bertz CT molecular complexity index is 888. The number of nitrogens with zero attached hydrogens (tertiary/aromatic N) is 2. The van der Waals surface area contributed by atoms with Crippen molar-refractivity contribution < 1.29 is 9.90 Å². The Morgan fingerprint density at radius 1 is 1.29 bits per heavy atom. The zero-order chi connectivity index (χ0) is 20.8. The van der Waals surface area contributed by atoms with Crippen LogP contribution in [0.4, 0.5) is 5.69 Å². The molecule has 0 fully saturated rings. The molecule has 1 atom stereocenters. The van der Waals surface area contributed by atoms with Gasteiger partial charge in [-0.05, 0) is 44.7 Å². The number of carbonyl (C=O) groups excluding carboxylic acids is 1. The van der Waals surface area contributed by atoms with Gasteiger partial charge in [-0.3, -0.25) is 14.2 Å². The first kappa shape index (κ1) is 22.0. The molecule has 7 heteroatoms. The number of nitrogens with one attached hydrogen (secondary N) is 1. The molecule has 28 heavy (non-hydrogen) atoms. The standard InChI is InChI=1S/C21H29N3O3S/c1-6-9-15(5)24-20(27)16(7-2)19(26)23-21(24)28-12-17(25)22-18-13(3)10-8-11-14(18)4/h8,10-11,15,26H,6-7,9,12H2,1-5H3,(H,22,25)/t15-/m0/s1. The number of aromatic hydroxyl groups is 1. The number of para-hydroxylation sites is 1. The van der Waals surface area contributed by atoms with E-state index in [4.69, 9.17) is 0 Å². The highest BCUT2D eigenvalue weighted by Crippen LogP contribution is 2.25. The third-order valence-corrected chi connectivity index (χ3v) is 5.69. The van der Waals surface area contributed by atoms with Crippen LogP contribution in [0.25, 0.3) is 0 Å². The number of benzene rings is 1. The van der Waals surface area contributed by atoms with Crippen molar-refractivity contribution in [3.8, 4) is 5.88 Å². The lowest BCUT2D eigenvalue weighted by molar-refractivity contribution is -0.113. The highest BCUT2D eigenvalue weighted by atomic mass is 32.2. The molecule has 1 aromatic heterocycles. The van der Waals surface area contributed by atoms with Gasteiger partial charge in [0.25, 0.3) is 5.56 Å². The lowest BCUT2D eigenvalue weighted by Crippen LogP contribution is -2.29. The Hall–Kier alpha value is -2.28. The number of carbonyl (C=O) groups is 1. The molecule has 0 unspecified atom stereocenters. The van der Waals surface area contributed by atoms with Gasteiger partial charge in [-0.1, -0.05) is 50.2 Å². The Morgan fingerprint density at radius 2 is 1.93 bits per heavy atom. The van der Waals surface area contributed by atoms with Crippen molar-refractivity contribution in [2.24, 2.45) is 0 Å². The van der Waals surface area contributed by atoms with E-state index in [0.717, 1.165) is 29.7 Å². The highest BCUT2D eigenvalue weighted by Gasteiger charge is 2.20. The van der Waals surface area contributed by atoms with Crippen LogP contribution < -0.4 is 10.9 Å². The molecule has 2 rings (SSSR count). The van der Waals surface area contributed by atoms with Gasteiger partial charge in [0.15, 0.2) is 5.16 Å². The number of hydrogen-bond acceptors (Lipinski definition) is 5. The molecule has 2 aromatic rings. The summed E-state index contributed by atoms with van der Waals surface area (Å²) in [6.07, 6.45) is 2.15. The highest BCUT2D eigenvalue weighted by molar-refractivity contribution is 7.99. The molecule has 0 aliphatic carbocycles. The molecular weight excluding hydrogens is 374 g/mol. The average molecular weight is 404 g/mol. The van der Waals surface area contributed by atoms with Crippen molar-refractivity contribution in [3.05, 3.63) is 45.2 Å². The molecular formula is C21H29N3O3S. The molecule has 152 valence electrons. The van der Waals surface area contributed by atoms with Crippen LogP contribution in [0.15, 0.2) is 28.2 Å². The van der Waals surface area contributed by atoms with Gasteiger partial charge in [-0.2, -0.15) is 4.98 Å². The predicted molar refractivity (Wildman–Crippen MR) is 114 cm³/mol. The molecule has 0 bridgehead atoms. The fourth-order valence-electron chi connectivity index (χ4n) is 3.20. The summed E-state index contributed by atoms with van der Waals surface area (Å²) < 4.78 is 1.61. The van der Waals surface area contributed by atoms with Crippen LogP contribution in [-0.4, -0.2) is 26.3 Å². The minimum atomic E-state index is -0.245. The monoisotopic (exact) mass is 403 g/mol. The summed E-state index contributed by atoms with van der Waals surface area (Å²) in [7, 11) is 0. The first-order valence-electron chi connectivity index (χ1n) is 9.63. The van der Waals surface area contributed by atoms with Crippen LogP contribution in [-0.2, 0) is 11.2 Å². The molecule has 0 aliphatic rings. The zero-order valence-electron chi connectivity index (χ0n) is 17.2. The normalized spacial score (nSPS) is 12.0. The Kier molecular flexibility index (Phi) is 7.69. The minimum Gasteiger partial charge on any atom is -0.493 e. The van der Waals surface area contributed by atoms with Gasteiger partial charge in [0, 0.05) is 11.7 Å². The molecule has 2 N–H and O–H groups in total. The lowest BCUT2D eigenvalue weighted by Gasteiger charge is -2.19. The van der Waals surface area contributed by atoms with Crippen molar-refractivity contribution in [1.82, 2.24) is 9.55 Å². The van der Waals surface area contributed by atoms with Gasteiger partial charge >= 0.3 is 0 Å². The molecule has 0 saturated heterocycles. The lowest BCUT2D eigenvalue weighted by atomic mass is 10.1. The van der Waals surface area contributed by atoms with E-state index in [1.54, 1.807) is 4.57 Å². The molecule has 1 heterocycles. The van der Waals surface area contributed by atoms with Crippen molar-refractivity contribution in [2.75, 3.05) is 11.1 Å². The number of anilines is 1. The number of amides is 1. The fraction of sp³-hybridized carbons (Fsp3) is 0.476. The van der Waals surface area contributed by atoms with E-state index in [1.165, 1.54) is 11.8 Å². The maximum absolute atomic E-state index is 12.8. The molecule has 1 aromatic carbocycles. The Morgan fingerprint density at radius 3 is 2.50 bits per heavy atom. The summed E-state index contributed by atoms with van der Waals surface area (Å²) in [5.41, 5.74) is 2.88. The third kappa shape index (κ3) is 4.95. The number of rotatable bonds is 8. The van der Waals surface area contributed by atoms with Crippen LogP contribution >= 0.6 is 11.8 Å². The van der Waals surface area contributed by atoms with Crippen molar-refractivity contribution in [3.63, 3.8) is 0 Å². The smallest absolute Gasteiger partial charge is 0.261 e. The maximum atomic E-state index is 12.8. The van der Waals surface area contributed by atoms with Gasteiger partial charge in [-0.25, -0.2) is 0 Å². The van der Waals surface area contributed by atoms with E-state index in [9.17, 15) is 14.7 Å². The Balaban J connectivity index is 2.25. The predicted octanol–water partition coefficient (Wildman–Crippen LogP) is 4.22. The van der Waals surface area contributed by atoms with Gasteiger partial charge in [0.1, 0.15) is 0 Å². The maximum Gasteiger partial charge on any atom is 0.261 e. The molecule has 1 amide bonds. The van der Waals surface area contributed by atoms with Crippen molar-refractivity contribution in [1.29, 1.82) is 0 Å². The van der Waals surface area contributed by atoms with Crippen LogP contribution in [0.3, 0.4) is 0 Å². The van der Waals surface area contributed by atoms with Crippen LogP contribution in [0.5, 0.6) is 5.88 Å². The molecule has 6 nitrogen and oxygen atoms in total. The second-order valence-electron chi connectivity index (χ2n) is 6.97. The van der Waals surface area contributed by atoms with E-state index in [-0.39, 0.29) is 29.1 Å². The van der Waals surface area contributed by atoms with Crippen molar-refractivity contribution in [2.45, 2.75) is 65.1 Å². The second kappa shape index (κ2) is 9.78. The first-order valence-corrected chi connectivity index (χ1v) is 10.6. The van der Waals surface area contributed by atoms with Crippen LogP contribution in [0.1, 0.15) is 56.3 Å². The van der Waals surface area contributed by atoms with Gasteiger partial charge < -0.3 is 10.4 Å². The van der Waals surface area contributed by atoms with E-state index in [1.807, 2.05) is 45.9 Å². The summed E-state index contributed by atoms with van der Waals surface area (Å²) in [5.74, 6) is -0.320. The number of aromatic nitrogens is 2. The fourth-order valence-corrected chi connectivity index (χ4v) is 4.09. The molecule has 0 aliphatic heterocycles. The minimum absolute atomic E-state index is 0.0555. The van der Waals surface area contributed by atoms with E-state index >= 15 is 0 Å². The number of thioether (sulfide) groups is 1. The average Bonchev–Trinajstić information content (AvgIpc) is 2.63. The second-order valence-corrected chi connectivity index (χ2v) is 7.91.